The van der Waals surface area contributed by atoms with Gasteiger partial charge in [0.25, 0.3) is 5.91 Å². The fourth-order valence-electron chi connectivity index (χ4n) is 3.15. The molecule has 1 aliphatic rings. The highest BCUT2D eigenvalue weighted by Gasteiger charge is 2.23. The molecule has 0 radical (unpaired) electrons. The number of nitrogens with one attached hydrogen (secondary N) is 1. The van der Waals surface area contributed by atoms with E-state index in [-0.39, 0.29) is 11.9 Å². The van der Waals surface area contributed by atoms with Gasteiger partial charge in [0.15, 0.2) is 6.10 Å². The Balaban J connectivity index is 1.41. The Morgan fingerprint density at radius 3 is 2.32 bits per heavy atom. The van der Waals surface area contributed by atoms with Gasteiger partial charge in [-0.05, 0) is 37.5 Å². The quantitative estimate of drug-likeness (QED) is 0.879. The fraction of sp³-hybridized carbons (Fsp3) is 0.381. The molecule has 0 spiro atoms. The average molecular weight is 338 g/mol. The first-order chi connectivity index (χ1) is 12.2. The van der Waals surface area contributed by atoms with Crippen LogP contribution in [0.25, 0.3) is 0 Å². The maximum atomic E-state index is 12.3. The van der Waals surface area contributed by atoms with Gasteiger partial charge in [-0.1, -0.05) is 48.5 Å². The number of ether oxygens (including phenoxy) is 1. The van der Waals surface area contributed by atoms with Crippen LogP contribution in [0.15, 0.2) is 60.7 Å². The summed E-state index contributed by atoms with van der Waals surface area (Å²) in [6, 6.07) is 20.2. The van der Waals surface area contributed by atoms with Crippen molar-refractivity contribution in [3.63, 3.8) is 0 Å². The summed E-state index contributed by atoms with van der Waals surface area (Å²) in [7, 11) is 0. The van der Waals surface area contributed by atoms with E-state index in [2.05, 4.69) is 34.5 Å². The third kappa shape index (κ3) is 5.33. The number of hydrogen-bond donors (Lipinski definition) is 1. The van der Waals surface area contributed by atoms with Gasteiger partial charge in [-0.15, -0.1) is 0 Å². The van der Waals surface area contributed by atoms with E-state index < -0.39 is 6.10 Å². The number of nitrogens with zero attached hydrogens (tertiary/aromatic N) is 1. The number of para-hydroxylation sites is 1. The molecule has 2 aromatic rings. The maximum Gasteiger partial charge on any atom is 0.260 e. The van der Waals surface area contributed by atoms with E-state index in [1.54, 1.807) is 6.92 Å². The van der Waals surface area contributed by atoms with Gasteiger partial charge in [0, 0.05) is 25.7 Å². The van der Waals surface area contributed by atoms with E-state index in [9.17, 15) is 4.79 Å². The molecule has 1 saturated heterocycles. The van der Waals surface area contributed by atoms with Gasteiger partial charge >= 0.3 is 0 Å². The summed E-state index contributed by atoms with van der Waals surface area (Å²) in [6.45, 7) is 4.80. The monoisotopic (exact) mass is 338 g/mol. The third-order valence-electron chi connectivity index (χ3n) is 4.61. The Hall–Kier alpha value is -2.33. The second-order valence-corrected chi connectivity index (χ2v) is 6.62. The lowest BCUT2D eigenvalue weighted by atomic mass is 10.0. The van der Waals surface area contributed by atoms with Crippen molar-refractivity contribution in [3.05, 3.63) is 66.2 Å². The third-order valence-corrected chi connectivity index (χ3v) is 4.61. The first-order valence-corrected chi connectivity index (χ1v) is 8.99. The van der Waals surface area contributed by atoms with E-state index in [0.717, 1.165) is 38.2 Å². The minimum Gasteiger partial charge on any atom is -0.481 e. The van der Waals surface area contributed by atoms with E-state index in [0.29, 0.717) is 0 Å². The molecule has 3 rings (SSSR count). The van der Waals surface area contributed by atoms with Gasteiger partial charge in [0.05, 0.1) is 0 Å². The topological polar surface area (TPSA) is 41.6 Å². The number of amides is 1. The molecule has 1 heterocycles. The normalized spacial score (nSPS) is 17.0. The van der Waals surface area contributed by atoms with Crippen molar-refractivity contribution >= 4 is 5.91 Å². The lowest BCUT2D eigenvalue weighted by Gasteiger charge is -2.32. The van der Waals surface area contributed by atoms with Crippen LogP contribution in [0.5, 0.6) is 5.75 Å². The molecular weight excluding hydrogens is 312 g/mol. The summed E-state index contributed by atoms with van der Waals surface area (Å²) < 4.78 is 5.70. The second-order valence-electron chi connectivity index (χ2n) is 6.62. The zero-order chi connectivity index (χ0) is 17.5. The fourth-order valence-corrected chi connectivity index (χ4v) is 3.15. The van der Waals surface area contributed by atoms with Crippen molar-refractivity contribution in [1.29, 1.82) is 0 Å². The molecule has 1 aliphatic heterocycles. The van der Waals surface area contributed by atoms with Crippen molar-refractivity contribution < 1.29 is 9.53 Å². The van der Waals surface area contributed by atoms with Crippen molar-refractivity contribution in [3.8, 4) is 5.75 Å². The molecule has 0 bridgehead atoms. The smallest absolute Gasteiger partial charge is 0.260 e. The Morgan fingerprint density at radius 1 is 1.08 bits per heavy atom. The molecule has 0 unspecified atom stereocenters. The summed E-state index contributed by atoms with van der Waals surface area (Å²) in [5, 5.41) is 3.13. The van der Waals surface area contributed by atoms with Crippen LogP contribution in [0.4, 0.5) is 0 Å². The van der Waals surface area contributed by atoms with Crippen LogP contribution < -0.4 is 10.1 Å². The van der Waals surface area contributed by atoms with Gasteiger partial charge in [-0.25, -0.2) is 0 Å². The summed E-state index contributed by atoms with van der Waals surface area (Å²) in [6.07, 6.45) is 1.48. The summed E-state index contributed by atoms with van der Waals surface area (Å²) in [5.41, 5.74) is 1.34. The van der Waals surface area contributed by atoms with Crippen molar-refractivity contribution in [2.75, 3.05) is 13.1 Å². The first-order valence-electron chi connectivity index (χ1n) is 8.99. The molecule has 2 aromatic carbocycles. The Morgan fingerprint density at radius 2 is 1.68 bits per heavy atom. The van der Waals surface area contributed by atoms with Crippen LogP contribution in [-0.4, -0.2) is 36.0 Å². The Labute approximate surface area is 149 Å². The van der Waals surface area contributed by atoms with Gasteiger partial charge in [-0.2, -0.15) is 0 Å². The van der Waals surface area contributed by atoms with Gasteiger partial charge < -0.3 is 10.1 Å². The van der Waals surface area contributed by atoms with E-state index in [4.69, 9.17) is 4.74 Å². The highest BCUT2D eigenvalue weighted by molar-refractivity contribution is 5.81. The molecular formula is C21H26N2O2. The number of benzene rings is 2. The minimum atomic E-state index is -0.482. The molecule has 1 amide bonds. The molecule has 4 heteroatoms. The molecule has 1 fully saturated rings. The number of rotatable bonds is 6. The largest absolute Gasteiger partial charge is 0.481 e. The summed E-state index contributed by atoms with van der Waals surface area (Å²) in [5.74, 6) is 0.688. The van der Waals surface area contributed by atoms with Crippen LogP contribution in [0, 0.1) is 0 Å². The minimum absolute atomic E-state index is 0.0367. The first kappa shape index (κ1) is 17.5. The molecule has 0 aromatic heterocycles. The Kier molecular flexibility index (Phi) is 6.07. The second kappa shape index (κ2) is 8.67. The highest BCUT2D eigenvalue weighted by atomic mass is 16.5. The zero-order valence-corrected chi connectivity index (χ0v) is 14.7. The number of hydrogen-bond acceptors (Lipinski definition) is 3. The summed E-state index contributed by atoms with van der Waals surface area (Å²) in [4.78, 5) is 14.8. The van der Waals surface area contributed by atoms with Crippen molar-refractivity contribution in [1.82, 2.24) is 10.2 Å². The van der Waals surface area contributed by atoms with E-state index >= 15 is 0 Å². The number of likely N-dealkylation sites (tertiary alicyclic amines) is 1. The SMILES string of the molecule is C[C@H](Oc1ccccc1)C(=O)NC1CCN(Cc2ccccc2)CC1. The van der Waals surface area contributed by atoms with Crippen LogP contribution in [0.2, 0.25) is 0 Å². The Bertz CT molecular complexity index is 652. The van der Waals surface area contributed by atoms with Crippen molar-refractivity contribution in [2.45, 2.75) is 38.5 Å². The highest BCUT2D eigenvalue weighted by Crippen LogP contribution is 2.15. The predicted molar refractivity (Wildman–Crippen MR) is 99.4 cm³/mol. The van der Waals surface area contributed by atoms with Crippen LogP contribution >= 0.6 is 0 Å². The number of piperidine rings is 1. The standard InChI is InChI=1S/C21H26N2O2/c1-17(25-20-10-6-3-7-11-20)21(24)22-19-12-14-23(15-13-19)16-18-8-4-2-5-9-18/h2-11,17,19H,12-16H2,1H3,(H,22,24)/t17-/m0/s1. The molecule has 0 saturated carbocycles. The lowest BCUT2D eigenvalue weighted by molar-refractivity contribution is -0.128. The van der Waals surface area contributed by atoms with Crippen LogP contribution in [0.3, 0.4) is 0 Å². The molecule has 0 aliphatic carbocycles. The van der Waals surface area contributed by atoms with Crippen LogP contribution in [-0.2, 0) is 11.3 Å². The zero-order valence-electron chi connectivity index (χ0n) is 14.7. The van der Waals surface area contributed by atoms with Crippen molar-refractivity contribution in [2.24, 2.45) is 0 Å². The molecule has 4 nitrogen and oxygen atoms in total. The summed E-state index contributed by atoms with van der Waals surface area (Å²) >= 11 is 0. The lowest BCUT2D eigenvalue weighted by Crippen LogP contribution is -2.47. The average Bonchev–Trinajstić information content (AvgIpc) is 2.65. The van der Waals surface area contributed by atoms with Crippen LogP contribution in [0.1, 0.15) is 25.3 Å². The molecule has 1 atom stereocenters. The number of carbonyl (C=O) groups is 1. The van der Waals surface area contributed by atoms with Gasteiger partial charge in [0.2, 0.25) is 0 Å². The molecule has 132 valence electrons. The molecule has 25 heavy (non-hydrogen) atoms. The molecule has 1 N–H and O–H groups in total. The number of carbonyl (C=O) groups excluding carboxylic acids is 1. The van der Waals surface area contributed by atoms with E-state index in [1.807, 2.05) is 36.4 Å². The maximum absolute atomic E-state index is 12.3. The van der Waals surface area contributed by atoms with Gasteiger partial charge in [-0.3, -0.25) is 9.69 Å². The van der Waals surface area contributed by atoms with Gasteiger partial charge in [0.1, 0.15) is 5.75 Å². The van der Waals surface area contributed by atoms with E-state index in [1.165, 1.54) is 5.56 Å². The predicted octanol–water partition coefficient (Wildman–Crippen LogP) is 3.23.